The minimum atomic E-state index is -0.332. The Morgan fingerprint density at radius 1 is 1.50 bits per heavy atom. The molecular formula is C15H21ClFN3. The molecule has 0 aromatic carbocycles. The molecule has 3 heterocycles. The normalized spacial score (nSPS) is 29.4. The molecule has 0 N–H and O–H groups in total. The fraction of sp³-hybridized carbons (Fsp3) is 0.733. The van der Waals surface area contributed by atoms with Crippen molar-refractivity contribution in [2.24, 2.45) is 5.92 Å². The molecule has 110 valence electrons. The van der Waals surface area contributed by atoms with Crippen LogP contribution in [0.2, 0.25) is 5.28 Å². The second-order valence-corrected chi connectivity index (χ2v) is 7.08. The predicted molar refractivity (Wildman–Crippen MR) is 77.2 cm³/mol. The van der Waals surface area contributed by atoms with Crippen molar-refractivity contribution in [3.63, 3.8) is 0 Å². The molecule has 5 heteroatoms. The monoisotopic (exact) mass is 297 g/mol. The van der Waals surface area contributed by atoms with Gasteiger partial charge < -0.3 is 0 Å². The number of halogens is 2. The summed E-state index contributed by atoms with van der Waals surface area (Å²) in [7, 11) is 0. The first-order chi connectivity index (χ1) is 9.45. The summed E-state index contributed by atoms with van der Waals surface area (Å²) in [5, 5.41) is 0.138. The number of nitrogens with zero attached hydrogens (tertiary/aromatic N) is 3. The zero-order valence-electron chi connectivity index (χ0n) is 12.1. The highest BCUT2D eigenvalue weighted by Gasteiger charge is 2.42. The summed E-state index contributed by atoms with van der Waals surface area (Å²) in [5.74, 6) is 0.144. The number of hydrogen-bond acceptors (Lipinski definition) is 3. The van der Waals surface area contributed by atoms with Gasteiger partial charge in [0.05, 0.1) is 11.9 Å². The van der Waals surface area contributed by atoms with Crippen LogP contribution in [0.5, 0.6) is 0 Å². The molecule has 3 rings (SSSR count). The summed E-state index contributed by atoms with van der Waals surface area (Å²) in [6.45, 7) is 5.82. The van der Waals surface area contributed by atoms with E-state index in [1.54, 1.807) is 0 Å². The minimum absolute atomic E-state index is 0.138. The lowest BCUT2D eigenvalue weighted by molar-refractivity contribution is 0.0250. The summed E-state index contributed by atoms with van der Waals surface area (Å²) in [4.78, 5) is 10.4. The first-order valence-corrected chi connectivity index (χ1v) is 7.77. The lowest BCUT2D eigenvalue weighted by Gasteiger charge is -2.47. The van der Waals surface area contributed by atoms with Crippen LogP contribution < -0.4 is 0 Å². The molecule has 1 aromatic heterocycles. The van der Waals surface area contributed by atoms with Crippen LogP contribution in [-0.4, -0.2) is 33.0 Å². The highest BCUT2D eigenvalue weighted by atomic mass is 35.5. The van der Waals surface area contributed by atoms with Crippen molar-refractivity contribution in [3.8, 4) is 0 Å². The topological polar surface area (TPSA) is 29.0 Å². The second-order valence-electron chi connectivity index (χ2n) is 6.75. The summed E-state index contributed by atoms with van der Waals surface area (Å²) < 4.78 is 13.8. The van der Waals surface area contributed by atoms with Crippen LogP contribution >= 0.6 is 11.6 Å². The van der Waals surface area contributed by atoms with E-state index in [2.05, 4.69) is 28.7 Å². The van der Waals surface area contributed by atoms with E-state index in [0.29, 0.717) is 24.1 Å². The molecule has 0 spiro atoms. The molecule has 3 nitrogen and oxygen atoms in total. The molecule has 0 saturated carbocycles. The Bertz CT molecular complexity index is 506. The van der Waals surface area contributed by atoms with Gasteiger partial charge in [0.1, 0.15) is 0 Å². The van der Waals surface area contributed by atoms with Crippen molar-refractivity contribution in [1.82, 2.24) is 14.9 Å². The summed E-state index contributed by atoms with van der Waals surface area (Å²) >= 11 is 5.78. The molecule has 2 fully saturated rings. The van der Waals surface area contributed by atoms with Gasteiger partial charge in [-0.1, -0.05) is 0 Å². The van der Waals surface area contributed by atoms with Gasteiger partial charge in [-0.2, -0.15) is 0 Å². The van der Waals surface area contributed by atoms with Crippen LogP contribution in [0.1, 0.15) is 45.2 Å². The van der Waals surface area contributed by atoms with Gasteiger partial charge in [-0.05, 0) is 70.0 Å². The van der Waals surface area contributed by atoms with Crippen LogP contribution in [0.4, 0.5) is 4.39 Å². The largest absolute Gasteiger partial charge is 0.295 e. The Labute approximate surface area is 124 Å². The maximum absolute atomic E-state index is 13.8. The molecule has 2 atom stereocenters. The van der Waals surface area contributed by atoms with E-state index < -0.39 is 0 Å². The molecule has 2 aliphatic heterocycles. The molecule has 0 radical (unpaired) electrons. The number of rotatable bonds is 2. The van der Waals surface area contributed by atoms with Crippen LogP contribution in [0.25, 0.3) is 0 Å². The lowest BCUT2D eigenvalue weighted by atomic mass is 9.77. The predicted octanol–water partition coefficient (Wildman–Crippen LogP) is 3.46. The van der Waals surface area contributed by atoms with E-state index in [-0.39, 0.29) is 16.6 Å². The molecule has 1 aromatic rings. The maximum Gasteiger partial charge on any atom is 0.222 e. The third-order valence-electron chi connectivity index (χ3n) is 4.82. The van der Waals surface area contributed by atoms with Crippen molar-refractivity contribution < 1.29 is 4.39 Å². The number of aromatic nitrogens is 2. The molecule has 20 heavy (non-hydrogen) atoms. The number of piperidine rings is 1. The van der Waals surface area contributed by atoms with Crippen molar-refractivity contribution >= 4 is 11.6 Å². The average Bonchev–Trinajstić information content (AvgIpc) is 2.82. The zero-order chi connectivity index (χ0) is 14.3. The zero-order valence-corrected chi connectivity index (χ0v) is 12.8. The standard InChI is InChI=1S/C15H21ClFN3/c1-15(2)8-10(6-11-4-3-5-20(11)15)7-13-12(17)9-18-14(16)19-13/h9-11H,3-8H2,1-2H3/t10-,11?/m0/s1. The molecule has 2 aliphatic rings. The Balaban J connectivity index is 1.76. The maximum atomic E-state index is 13.8. The van der Waals surface area contributed by atoms with Gasteiger partial charge in [0.2, 0.25) is 5.28 Å². The molecule has 0 bridgehead atoms. The van der Waals surface area contributed by atoms with Gasteiger partial charge in [0.25, 0.3) is 0 Å². The molecule has 1 unspecified atom stereocenters. The van der Waals surface area contributed by atoms with Gasteiger partial charge in [-0.3, -0.25) is 4.90 Å². The fourth-order valence-corrected chi connectivity index (χ4v) is 4.27. The first kappa shape index (κ1) is 14.2. The lowest BCUT2D eigenvalue weighted by Crippen LogP contribution is -2.52. The van der Waals surface area contributed by atoms with Crippen molar-refractivity contribution in [2.75, 3.05) is 6.54 Å². The molecule has 2 saturated heterocycles. The summed E-state index contributed by atoms with van der Waals surface area (Å²) in [6.07, 6.45) is 6.64. The van der Waals surface area contributed by atoms with E-state index in [1.807, 2.05) is 0 Å². The highest BCUT2D eigenvalue weighted by Crippen LogP contribution is 2.41. The van der Waals surface area contributed by atoms with E-state index in [9.17, 15) is 4.39 Å². The smallest absolute Gasteiger partial charge is 0.222 e. The Hall–Kier alpha value is -0.740. The van der Waals surface area contributed by atoms with E-state index >= 15 is 0 Å². The van der Waals surface area contributed by atoms with Crippen molar-refractivity contribution in [3.05, 3.63) is 23.0 Å². The number of fused-ring (bicyclic) bond motifs is 1. The van der Waals surface area contributed by atoms with Gasteiger partial charge in [-0.15, -0.1) is 0 Å². The van der Waals surface area contributed by atoms with Crippen LogP contribution in [0.3, 0.4) is 0 Å². The van der Waals surface area contributed by atoms with Crippen LogP contribution in [-0.2, 0) is 6.42 Å². The van der Waals surface area contributed by atoms with E-state index in [0.717, 1.165) is 12.8 Å². The van der Waals surface area contributed by atoms with Crippen molar-refractivity contribution in [1.29, 1.82) is 0 Å². The fourth-order valence-electron chi connectivity index (χ4n) is 4.12. The van der Waals surface area contributed by atoms with Crippen LogP contribution in [0, 0.1) is 11.7 Å². The number of hydrogen-bond donors (Lipinski definition) is 0. The van der Waals surface area contributed by atoms with Gasteiger partial charge >= 0.3 is 0 Å². The molecular weight excluding hydrogens is 277 g/mol. The minimum Gasteiger partial charge on any atom is -0.295 e. The third kappa shape index (κ3) is 2.68. The summed E-state index contributed by atoms with van der Waals surface area (Å²) in [6, 6.07) is 0.657. The Kier molecular flexibility index (Phi) is 3.71. The van der Waals surface area contributed by atoms with Gasteiger partial charge in [-0.25, -0.2) is 14.4 Å². The second kappa shape index (κ2) is 5.23. The Morgan fingerprint density at radius 3 is 3.10 bits per heavy atom. The van der Waals surface area contributed by atoms with Crippen molar-refractivity contribution in [2.45, 2.75) is 57.5 Å². The van der Waals surface area contributed by atoms with E-state index in [4.69, 9.17) is 11.6 Å². The SMILES string of the molecule is CC1(C)C[C@H](Cc2nc(Cl)ncc2F)CC2CCCN21. The van der Waals surface area contributed by atoms with Crippen LogP contribution in [0.15, 0.2) is 6.20 Å². The third-order valence-corrected chi connectivity index (χ3v) is 5.00. The summed E-state index contributed by atoms with van der Waals surface area (Å²) in [5.41, 5.74) is 0.675. The quantitative estimate of drug-likeness (QED) is 0.783. The molecule has 0 aliphatic carbocycles. The van der Waals surface area contributed by atoms with Gasteiger partial charge in [0.15, 0.2) is 5.82 Å². The van der Waals surface area contributed by atoms with Gasteiger partial charge in [0, 0.05) is 11.6 Å². The first-order valence-electron chi connectivity index (χ1n) is 7.39. The highest BCUT2D eigenvalue weighted by molar-refractivity contribution is 6.28. The Morgan fingerprint density at radius 2 is 2.30 bits per heavy atom. The van der Waals surface area contributed by atoms with E-state index in [1.165, 1.54) is 25.6 Å². The average molecular weight is 298 g/mol. The molecule has 0 amide bonds.